The van der Waals surface area contributed by atoms with Gasteiger partial charge in [0.05, 0.1) is 0 Å². The maximum atomic E-state index is 2.74. The smallest absolute Gasteiger partial charge is 0.112 e. The third-order valence-corrected chi connectivity index (χ3v) is 12.8. The lowest BCUT2D eigenvalue weighted by molar-refractivity contribution is 0.272. The summed E-state index contributed by atoms with van der Waals surface area (Å²) >= 11 is 0. The Labute approximate surface area is 181 Å². The van der Waals surface area contributed by atoms with Crippen LogP contribution in [0.1, 0.15) is 104 Å². The largest absolute Gasteiger partial charge is 0.336 e. The van der Waals surface area contributed by atoms with Crippen molar-refractivity contribution in [3.8, 4) is 0 Å². The first-order valence-corrected chi connectivity index (χ1v) is 14.0. The lowest BCUT2D eigenvalue weighted by Gasteiger charge is -2.56. The van der Waals surface area contributed by atoms with Crippen LogP contribution in [0.15, 0.2) is 23.8 Å². The van der Waals surface area contributed by atoms with Crippen molar-refractivity contribution < 1.29 is 0 Å². The molecule has 0 aromatic rings. The van der Waals surface area contributed by atoms with E-state index in [4.69, 9.17) is 0 Å². The fourth-order valence-corrected chi connectivity index (χ4v) is 12.5. The van der Waals surface area contributed by atoms with Crippen LogP contribution in [0.5, 0.6) is 0 Å². The number of allylic oxidation sites excluding steroid dienone is 1. The van der Waals surface area contributed by atoms with Crippen LogP contribution in [0.3, 0.4) is 0 Å². The number of nitrogens with zero attached hydrogens (tertiary/aromatic N) is 2. The Bertz CT molecular complexity index is 607. The van der Waals surface area contributed by atoms with E-state index >= 15 is 0 Å². The number of hydrogen-bond donors (Lipinski definition) is 0. The van der Waals surface area contributed by atoms with Gasteiger partial charge in [0, 0.05) is 31.7 Å². The second-order valence-corrected chi connectivity index (χ2v) is 14.5. The maximum Gasteiger partial charge on any atom is 0.112 e. The number of rotatable bonds is 3. The van der Waals surface area contributed by atoms with Crippen molar-refractivity contribution >= 4 is 7.92 Å². The van der Waals surface area contributed by atoms with Gasteiger partial charge in [0.1, 0.15) is 5.82 Å². The molecule has 0 aromatic heterocycles. The lowest BCUT2D eigenvalue weighted by Crippen LogP contribution is -2.46. The topological polar surface area (TPSA) is 6.48 Å². The van der Waals surface area contributed by atoms with Crippen LogP contribution in [-0.4, -0.2) is 40.4 Å². The summed E-state index contributed by atoms with van der Waals surface area (Å²) in [5, 5.41) is 0.408. The van der Waals surface area contributed by atoms with Crippen molar-refractivity contribution in [2.24, 2.45) is 5.41 Å². The highest BCUT2D eigenvalue weighted by atomic mass is 31.1. The third kappa shape index (κ3) is 4.05. The third-order valence-electron chi connectivity index (χ3n) is 8.59. The van der Waals surface area contributed by atoms with Gasteiger partial charge < -0.3 is 9.80 Å². The molecule has 29 heavy (non-hydrogen) atoms. The molecule has 3 heteroatoms. The Morgan fingerprint density at radius 2 is 1.21 bits per heavy atom. The second kappa shape index (κ2) is 8.57. The van der Waals surface area contributed by atoms with E-state index in [1.54, 1.807) is 0 Å². The number of hydrogen-bond acceptors (Lipinski definition) is 2. The molecule has 164 valence electrons. The Morgan fingerprint density at radius 1 is 0.724 bits per heavy atom. The van der Waals surface area contributed by atoms with E-state index in [2.05, 4.69) is 57.1 Å². The Kier molecular flexibility index (Phi) is 6.42. The minimum absolute atomic E-state index is 0.0118. The summed E-state index contributed by atoms with van der Waals surface area (Å²) in [6, 6.07) is 0. The van der Waals surface area contributed by atoms with Crippen LogP contribution in [-0.2, 0) is 0 Å². The first-order valence-electron chi connectivity index (χ1n) is 12.5. The van der Waals surface area contributed by atoms with Gasteiger partial charge in [-0.15, -0.1) is 0 Å². The minimum atomic E-state index is 0.0118. The molecular weight excluding hydrogens is 371 g/mol. The normalized spacial score (nSPS) is 31.9. The monoisotopic (exact) mass is 416 g/mol. The first-order chi connectivity index (χ1) is 13.8. The van der Waals surface area contributed by atoms with Crippen molar-refractivity contribution in [2.75, 3.05) is 14.1 Å². The average molecular weight is 417 g/mol. The van der Waals surface area contributed by atoms with Crippen molar-refractivity contribution in [1.29, 1.82) is 0 Å². The summed E-state index contributed by atoms with van der Waals surface area (Å²) in [7, 11) is 4.56. The zero-order chi connectivity index (χ0) is 20.6. The van der Waals surface area contributed by atoms with Gasteiger partial charge in [-0.3, -0.25) is 0 Å². The highest BCUT2D eigenvalue weighted by Crippen LogP contribution is 2.71. The zero-order valence-electron chi connectivity index (χ0n) is 19.8. The highest BCUT2D eigenvalue weighted by molar-refractivity contribution is 7.61. The molecule has 4 rings (SSSR count). The van der Waals surface area contributed by atoms with E-state index in [1.807, 2.05) is 5.57 Å². The van der Waals surface area contributed by atoms with Crippen LogP contribution in [0.2, 0.25) is 0 Å². The summed E-state index contributed by atoms with van der Waals surface area (Å²) in [6.07, 6.45) is 23.7. The molecule has 3 fully saturated rings. The molecule has 2 nitrogen and oxygen atoms in total. The van der Waals surface area contributed by atoms with Crippen molar-refractivity contribution in [1.82, 2.24) is 9.80 Å². The Hall–Kier alpha value is -0.490. The van der Waals surface area contributed by atoms with E-state index in [0.29, 0.717) is 10.6 Å². The van der Waals surface area contributed by atoms with Gasteiger partial charge in [-0.05, 0) is 60.8 Å². The molecule has 1 heterocycles. The summed E-state index contributed by atoms with van der Waals surface area (Å²) in [5.74, 6) is 1.51. The zero-order valence-corrected chi connectivity index (χ0v) is 20.7. The van der Waals surface area contributed by atoms with E-state index in [0.717, 1.165) is 11.3 Å². The minimum Gasteiger partial charge on any atom is -0.336 e. The molecule has 0 amide bonds. The van der Waals surface area contributed by atoms with Crippen LogP contribution in [0, 0.1) is 5.41 Å². The summed E-state index contributed by atoms with van der Waals surface area (Å²) in [5.41, 5.74) is 4.15. The van der Waals surface area contributed by atoms with Gasteiger partial charge >= 0.3 is 0 Å². The van der Waals surface area contributed by atoms with Gasteiger partial charge in [-0.2, -0.15) is 0 Å². The van der Waals surface area contributed by atoms with Crippen LogP contribution in [0.4, 0.5) is 0 Å². The molecule has 0 spiro atoms. The predicted octanol–water partition coefficient (Wildman–Crippen LogP) is 7.66. The van der Waals surface area contributed by atoms with Crippen LogP contribution in [0.25, 0.3) is 0 Å². The maximum absolute atomic E-state index is 2.74. The van der Waals surface area contributed by atoms with E-state index in [9.17, 15) is 0 Å². The van der Waals surface area contributed by atoms with E-state index in [1.165, 1.54) is 89.3 Å². The van der Waals surface area contributed by atoms with Gasteiger partial charge in [0.2, 0.25) is 0 Å². The molecule has 1 aliphatic heterocycles. The van der Waals surface area contributed by atoms with Crippen LogP contribution < -0.4 is 0 Å². The molecule has 0 N–H and O–H groups in total. The van der Waals surface area contributed by atoms with Crippen molar-refractivity contribution in [2.45, 2.75) is 121 Å². The molecule has 1 unspecified atom stereocenters. The van der Waals surface area contributed by atoms with Crippen molar-refractivity contribution in [3.05, 3.63) is 23.8 Å². The molecule has 3 saturated carbocycles. The van der Waals surface area contributed by atoms with Crippen molar-refractivity contribution in [3.63, 3.8) is 0 Å². The van der Waals surface area contributed by atoms with E-state index < -0.39 is 0 Å². The lowest BCUT2D eigenvalue weighted by atomic mass is 9.67. The second-order valence-electron chi connectivity index (χ2n) is 11.2. The molecule has 0 aromatic carbocycles. The summed E-state index contributed by atoms with van der Waals surface area (Å²) in [6.45, 7) is 7.86. The molecule has 4 aliphatic rings. The molecular formula is C26H45N2P. The van der Waals surface area contributed by atoms with Gasteiger partial charge in [0.15, 0.2) is 0 Å². The van der Waals surface area contributed by atoms with Gasteiger partial charge in [-0.1, -0.05) is 73.6 Å². The molecule has 1 atom stereocenters. The highest BCUT2D eigenvalue weighted by Gasteiger charge is 2.52. The SMILES string of the molecule is CN1C=CN(C)C1=C1C(C)(C)CCCC1(C)P(C1CCCCC1)C1CCCCC1. The molecule has 0 saturated heterocycles. The van der Waals surface area contributed by atoms with Gasteiger partial charge in [0.25, 0.3) is 0 Å². The molecule has 0 radical (unpaired) electrons. The summed E-state index contributed by atoms with van der Waals surface area (Å²) < 4.78 is 0. The van der Waals surface area contributed by atoms with E-state index in [-0.39, 0.29) is 7.92 Å². The Morgan fingerprint density at radius 3 is 1.69 bits per heavy atom. The van der Waals surface area contributed by atoms with Crippen LogP contribution >= 0.6 is 7.92 Å². The average Bonchev–Trinajstić information content (AvgIpc) is 3.01. The summed E-state index contributed by atoms with van der Waals surface area (Å²) in [4.78, 5) is 4.85. The predicted molar refractivity (Wildman–Crippen MR) is 128 cm³/mol. The Balaban J connectivity index is 1.82. The molecule has 0 bridgehead atoms. The van der Waals surface area contributed by atoms with Gasteiger partial charge in [-0.25, -0.2) is 0 Å². The fraction of sp³-hybridized carbons (Fsp3) is 0.846. The quantitative estimate of drug-likeness (QED) is 0.436. The first kappa shape index (κ1) is 21.7. The standard InChI is InChI=1S/C26H45N2P/c1-25(2)17-12-18-26(3,23(25)24-27(4)19-20-28(24)5)29(21-13-8-6-9-14-21)22-15-10-7-11-16-22/h19-22H,6-18H2,1-5H3. The molecule has 3 aliphatic carbocycles. The fourth-order valence-electron chi connectivity index (χ4n) is 7.42.